The van der Waals surface area contributed by atoms with E-state index in [9.17, 15) is 13.6 Å². The minimum absolute atomic E-state index is 0.0671. The molecule has 0 bridgehead atoms. The highest BCUT2D eigenvalue weighted by molar-refractivity contribution is 9.10. The topological polar surface area (TPSA) is 46.5 Å². The van der Waals surface area contributed by atoms with Crippen molar-refractivity contribution in [2.45, 2.75) is 20.0 Å². The third-order valence-corrected chi connectivity index (χ3v) is 2.29. The van der Waals surface area contributed by atoms with Gasteiger partial charge in [0, 0.05) is 0 Å². The minimum Gasteiger partial charge on any atom is -0.487 e. The van der Waals surface area contributed by atoms with Crippen molar-refractivity contribution in [2.24, 2.45) is 0 Å². The second kappa shape index (κ2) is 4.78. The Hall–Kier alpha value is -1.17. The maximum atomic E-state index is 13.5. The highest BCUT2D eigenvalue weighted by Gasteiger charge is 2.22. The number of carboxylic acids is 1. The molecule has 1 N–H and O–H groups in total. The molecular weight excluding hydrogens is 286 g/mol. The molecule has 1 rings (SSSR count). The van der Waals surface area contributed by atoms with Gasteiger partial charge in [0.25, 0.3) is 0 Å². The number of carboxylic acid groups (broad SMARTS) is 1. The molecule has 0 aromatic heterocycles. The van der Waals surface area contributed by atoms with E-state index in [1.165, 1.54) is 0 Å². The lowest BCUT2D eigenvalue weighted by Gasteiger charge is -2.13. The quantitative estimate of drug-likeness (QED) is 0.871. The first-order valence-corrected chi connectivity index (χ1v) is 5.21. The first-order chi connectivity index (χ1) is 7.34. The molecule has 1 aromatic rings. The summed E-state index contributed by atoms with van der Waals surface area (Å²) in [6.45, 7) is 3.30. The van der Waals surface area contributed by atoms with Crippen LogP contribution in [0.3, 0.4) is 0 Å². The molecule has 0 heterocycles. The number of hydrogen-bond donors (Lipinski definition) is 1. The first-order valence-electron chi connectivity index (χ1n) is 4.42. The molecule has 0 saturated heterocycles. The maximum Gasteiger partial charge on any atom is 0.338 e. The summed E-state index contributed by atoms with van der Waals surface area (Å²) in [5, 5.41) is 8.62. The van der Waals surface area contributed by atoms with Gasteiger partial charge < -0.3 is 9.84 Å². The van der Waals surface area contributed by atoms with E-state index >= 15 is 0 Å². The van der Waals surface area contributed by atoms with E-state index in [0.29, 0.717) is 0 Å². The van der Waals surface area contributed by atoms with Gasteiger partial charge in [0.2, 0.25) is 5.82 Å². The fourth-order valence-corrected chi connectivity index (χ4v) is 1.57. The van der Waals surface area contributed by atoms with Gasteiger partial charge in [-0.25, -0.2) is 9.18 Å². The van der Waals surface area contributed by atoms with Gasteiger partial charge in [-0.1, -0.05) is 0 Å². The summed E-state index contributed by atoms with van der Waals surface area (Å²) in [5.41, 5.74) is -0.736. The summed E-state index contributed by atoms with van der Waals surface area (Å²) in [4.78, 5) is 10.6. The normalized spacial score (nSPS) is 10.6. The molecule has 88 valence electrons. The number of carbonyl (C=O) groups is 1. The van der Waals surface area contributed by atoms with E-state index in [0.717, 1.165) is 6.07 Å². The van der Waals surface area contributed by atoms with Crippen molar-refractivity contribution >= 4 is 21.9 Å². The molecule has 0 amide bonds. The maximum absolute atomic E-state index is 13.5. The van der Waals surface area contributed by atoms with E-state index in [1.807, 2.05) is 0 Å². The van der Waals surface area contributed by atoms with Crippen LogP contribution in [0.25, 0.3) is 0 Å². The summed E-state index contributed by atoms with van der Waals surface area (Å²) in [6, 6.07) is 0.971. The number of aromatic carboxylic acids is 1. The summed E-state index contributed by atoms with van der Waals surface area (Å²) in [6.07, 6.45) is -0.346. The molecule has 0 atom stereocenters. The van der Waals surface area contributed by atoms with Gasteiger partial charge in [-0.3, -0.25) is 0 Å². The van der Waals surface area contributed by atoms with Gasteiger partial charge in [0.1, 0.15) is 0 Å². The second-order valence-electron chi connectivity index (χ2n) is 3.33. The van der Waals surface area contributed by atoms with Crippen LogP contribution in [0, 0.1) is 11.6 Å². The largest absolute Gasteiger partial charge is 0.487 e. The fourth-order valence-electron chi connectivity index (χ4n) is 1.08. The third-order valence-electron chi connectivity index (χ3n) is 1.70. The van der Waals surface area contributed by atoms with Crippen LogP contribution in [0.15, 0.2) is 10.5 Å². The Morgan fingerprint density at radius 1 is 1.44 bits per heavy atom. The van der Waals surface area contributed by atoms with E-state index < -0.39 is 23.2 Å². The molecule has 6 heteroatoms. The van der Waals surface area contributed by atoms with E-state index in [1.54, 1.807) is 13.8 Å². The monoisotopic (exact) mass is 294 g/mol. The molecule has 0 unspecified atom stereocenters. The SMILES string of the molecule is CC(C)Oc1c(Br)cc(C(=O)O)c(F)c1F. The Labute approximate surface area is 99.2 Å². The van der Waals surface area contributed by atoms with Crippen molar-refractivity contribution in [2.75, 3.05) is 0 Å². The van der Waals surface area contributed by atoms with Crippen molar-refractivity contribution in [3.8, 4) is 5.75 Å². The third kappa shape index (κ3) is 2.49. The van der Waals surface area contributed by atoms with Crippen LogP contribution in [0.2, 0.25) is 0 Å². The zero-order valence-electron chi connectivity index (χ0n) is 8.55. The molecule has 1 aromatic carbocycles. The smallest absolute Gasteiger partial charge is 0.338 e. The number of rotatable bonds is 3. The summed E-state index contributed by atoms with van der Waals surface area (Å²) >= 11 is 2.93. The van der Waals surface area contributed by atoms with Crippen LogP contribution in [0.1, 0.15) is 24.2 Å². The van der Waals surface area contributed by atoms with Gasteiger partial charge in [-0.05, 0) is 35.8 Å². The standard InChI is InChI=1S/C10H9BrF2O3/c1-4(2)16-9-6(11)3-5(10(14)15)7(12)8(9)13/h3-4H,1-2H3,(H,14,15). The van der Waals surface area contributed by atoms with Gasteiger partial charge in [0.15, 0.2) is 11.6 Å². The van der Waals surface area contributed by atoms with E-state index in [4.69, 9.17) is 9.84 Å². The van der Waals surface area contributed by atoms with Crippen LogP contribution in [-0.2, 0) is 0 Å². The Kier molecular flexibility index (Phi) is 3.85. The van der Waals surface area contributed by atoms with Crippen molar-refractivity contribution < 1.29 is 23.4 Å². The van der Waals surface area contributed by atoms with Gasteiger partial charge >= 0.3 is 5.97 Å². The zero-order chi connectivity index (χ0) is 12.5. The Balaban J connectivity index is 3.34. The van der Waals surface area contributed by atoms with Crippen molar-refractivity contribution in [1.29, 1.82) is 0 Å². The number of halogens is 3. The van der Waals surface area contributed by atoms with E-state index in [-0.39, 0.29) is 16.3 Å². The summed E-state index contributed by atoms with van der Waals surface area (Å²) in [5.74, 6) is -4.59. The first kappa shape index (κ1) is 12.9. The summed E-state index contributed by atoms with van der Waals surface area (Å²) in [7, 11) is 0. The molecule has 0 fully saturated rings. The Bertz CT molecular complexity index is 433. The Morgan fingerprint density at radius 3 is 2.44 bits per heavy atom. The lowest BCUT2D eigenvalue weighted by Crippen LogP contribution is -2.11. The predicted octanol–water partition coefficient (Wildman–Crippen LogP) is 3.21. The number of hydrogen-bond acceptors (Lipinski definition) is 2. The molecule has 0 radical (unpaired) electrons. The average molecular weight is 295 g/mol. The number of benzene rings is 1. The van der Waals surface area contributed by atoms with Gasteiger partial charge in [-0.15, -0.1) is 0 Å². The lowest BCUT2D eigenvalue weighted by molar-refractivity contribution is 0.0690. The highest BCUT2D eigenvalue weighted by Crippen LogP contribution is 2.32. The molecule has 0 aliphatic rings. The van der Waals surface area contributed by atoms with Crippen LogP contribution < -0.4 is 4.74 Å². The summed E-state index contributed by atoms with van der Waals surface area (Å²) < 4.78 is 31.8. The number of ether oxygens (including phenoxy) is 1. The molecule has 0 aliphatic heterocycles. The lowest BCUT2D eigenvalue weighted by atomic mass is 10.2. The molecule has 0 spiro atoms. The Morgan fingerprint density at radius 2 is 2.00 bits per heavy atom. The van der Waals surface area contributed by atoms with E-state index in [2.05, 4.69) is 15.9 Å². The van der Waals surface area contributed by atoms with Crippen LogP contribution in [0.5, 0.6) is 5.75 Å². The van der Waals surface area contributed by atoms with Crippen molar-refractivity contribution in [3.63, 3.8) is 0 Å². The van der Waals surface area contributed by atoms with Gasteiger partial charge in [-0.2, -0.15) is 4.39 Å². The van der Waals surface area contributed by atoms with Crippen molar-refractivity contribution in [1.82, 2.24) is 0 Å². The molecule has 3 nitrogen and oxygen atoms in total. The van der Waals surface area contributed by atoms with Crippen molar-refractivity contribution in [3.05, 3.63) is 27.7 Å². The molecule has 0 saturated carbocycles. The van der Waals surface area contributed by atoms with Crippen LogP contribution in [-0.4, -0.2) is 17.2 Å². The predicted molar refractivity (Wildman–Crippen MR) is 56.8 cm³/mol. The highest BCUT2D eigenvalue weighted by atomic mass is 79.9. The van der Waals surface area contributed by atoms with Gasteiger partial charge in [0.05, 0.1) is 16.1 Å². The van der Waals surface area contributed by atoms with Crippen LogP contribution >= 0.6 is 15.9 Å². The average Bonchev–Trinajstić information content (AvgIpc) is 2.17. The molecular formula is C10H9BrF2O3. The molecule has 16 heavy (non-hydrogen) atoms. The zero-order valence-corrected chi connectivity index (χ0v) is 10.1. The van der Waals surface area contributed by atoms with Crippen LogP contribution in [0.4, 0.5) is 8.78 Å². The second-order valence-corrected chi connectivity index (χ2v) is 4.19. The fraction of sp³-hybridized carbons (Fsp3) is 0.300. The minimum atomic E-state index is -1.53. The molecule has 0 aliphatic carbocycles.